The molecule has 4 aromatic rings. The van der Waals surface area contributed by atoms with E-state index < -0.39 is 0 Å². The molecule has 6 nitrogen and oxygen atoms in total. The number of aromatic nitrogens is 3. The Morgan fingerprint density at radius 2 is 1.58 bits per heavy atom. The Kier molecular flexibility index (Phi) is 6.20. The summed E-state index contributed by atoms with van der Waals surface area (Å²) in [7, 11) is 3.24. The number of nitriles is 1. The maximum absolute atomic E-state index is 9.38. The Bertz CT molecular complexity index is 1210. The van der Waals surface area contributed by atoms with Crippen LogP contribution in [0.2, 0.25) is 0 Å². The van der Waals surface area contributed by atoms with Gasteiger partial charge in [0, 0.05) is 23.1 Å². The van der Waals surface area contributed by atoms with E-state index in [1.165, 1.54) is 11.8 Å². The third-order valence-corrected chi connectivity index (χ3v) is 5.73. The fourth-order valence-corrected chi connectivity index (χ4v) is 4.15. The van der Waals surface area contributed by atoms with Crippen LogP contribution < -0.4 is 9.47 Å². The SMILES string of the molecule is COc1cc(OC)cc(-c2nnc(SCc3ccccc3C#N)n2-c2ccccc2)c1. The van der Waals surface area contributed by atoms with Crippen molar-refractivity contribution in [3.8, 4) is 34.6 Å². The van der Waals surface area contributed by atoms with Gasteiger partial charge in [-0.15, -0.1) is 10.2 Å². The zero-order valence-electron chi connectivity index (χ0n) is 17.1. The minimum atomic E-state index is 0.607. The lowest BCUT2D eigenvalue weighted by molar-refractivity contribution is 0.394. The van der Waals surface area contributed by atoms with Gasteiger partial charge >= 0.3 is 0 Å². The van der Waals surface area contributed by atoms with Crippen LogP contribution in [0, 0.1) is 11.3 Å². The van der Waals surface area contributed by atoms with Gasteiger partial charge in [0.25, 0.3) is 0 Å². The second-order valence-electron chi connectivity index (χ2n) is 6.64. The fraction of sp³-hybridized carbons (Fsp3) is 0.125. The van der Waals surface area contributed by atoms with Gasteiger partial charge in [0.2, 0.25) is 0 Å². The normalized spacial score (nSPS) is 10.5. The predicted molar refractivity (Wildman–Crippen MR) is 121 cm³/mol. The Hall–Kier alpha value is -3.76. The molecular weight excluding hydrogens is 408 g/mol. The first-order chi connectivity index (χ1) is 15.2. The third kappa shape index (κ3) is 4.39. The van der Waals surface area contributed by atoms with Crippen molar-refractivity contribution >= 4 is 11.8 Å². The molecule has 0 N–H and O–H groups in total. The molecule has 0 fully saturated rings. The smallest absolute Gasteiger partial charge is 0.196 e. The van der Waals surface area contributed by atoms with Crippen molar-refractivity contribution in [3.63, 3.8) is 0 Å². The Morgan fingerprint density at radius 3 is 2.26 bits per heavy atom. The molecule has 7 heteroatoms. The van der Waals surface area contributed by atoms with Crippen LogP contribution in [0.3, 0.4) is 0 Å². The average molecular weight is 429 g/mol. The molecule has 0 amide bonds. The second kappa shape index (κ2) is 9.37. The lowest BCUT2D eigenvalue weighted by Crippen LogP contribution is -2.00. The number of ether oxygens (including phenoxy) is 2. The van der Waals surface area contributed by atoms with Crippen LogP contribution in [-0.4, -0.2) is 29.0 Å². The largest absolute Gasteiger partial charge is 0.497 e. The average Bonchev–Trinajstić information content (AvgIpc) is 3.27. The molecule has 0 aliphatic rings. The highest BCUT2D eigenvalue weighted by Crippen LogP contribution is 2.33. The van der Waals surface area contributed by atoms with Gasteiger partial charge in [-0.25, -0.2) is 0 Å². The maximum Gasteiger partial charge on any atom is 0.196 e. The van der Waals surface area contributed by atoms with Crippen molar-refractivity contribution in [1.29, 1.82) is 5.26 Å². The van der Waals surface area contributed by atoms with E-state index in [-0.39, 0.29) is 0 Å². The zero-order chi connectivity index (χ0) is 21.6. The molecule has 0 atom stereocenters. The number of methoxy groups -OCH3 is 2. The highest BCUT2D eigenvalue weighted by Gasteiger charge is 2.18. The summed E-state index contributed by atoms with van der Waals surface area (Å²) < 4.78 is 12.9. The van der Waals surface area contributed by atoms with E-state index in [0.29, 0.717) is 28.6 Å². The molecule has 4 rings (SSSR count). The fourth-order valence-electron chi connectivity index (χ4n) is 3.19. The lowest BCUT2D eigenvalue weighted by Gasteiger charge is -2.12. The maximum atomic E-state index is 9.38. The van der Waals surface area contributed by atoms with Crippen LogP contribution in [0.5, 0.6) is 11.5 Å². The molecule has 0 saturated heterocycles. The van der Waals surface area contributed by atoms with Crippen LogP contribution in [0.25, 0.3) is 17.1 Å². The van der Waals surface area contributed by atoms with Crippen molar-refractivity contribution in [1.82, 2.24) is 14.8 Å². The Labute approximate surface area is 185 Å². The summed E-state index contributed by atoms with van der Waals surface area (Å²) in [4.78, 5) is 0. The van der Waals surface area contributed by atoms with Gasteiger partial charge in [0.05, 0.1) is 25.9 Å². The van der Waals surface area contributed by atoms with E-state index in [9.17, 15) is 5.26 Å². The lowest BCUT2D eigenvalue weighted by atomic mass is 10.1. The summed E-state index contributed by atoms with van der Waals surface area (Å²) in [6, 6.07) is 25.4. The number of benzene rings is 3. The summed E-state index contributed by atoms with van der Waals surface area (Å²) in [5, 5.41) is 19.1. The number of para-hydroxylation sites is 1. The summed E-state index contributed by atoms with van der Waals surface area (Å²) in [6.45, 7) is 0. The van der Waals surface area contributed by atoms with Gasteiger partial charge in [-0.05, 0) is 35.9 Å². The summed E-state index contributed by atoms with van der Waals surface area (Å²) in [6.07, 6.45) is 0. The number of rotatable bonds is 7. The molecule has 154 valence electrons. The van der Waals surface area contributed by atoms with Gasteiger partial charge < -0.3 is 9.47 Å². The first kappa shape index (κ1) is 20.5. The summed E-state index contributed by atoms with van der Waals surface area (Å²) in [5.41, 5.74) is 3.40. The van der Waals surface area contributed by atoms with E-state index in [1.807, 2.05) is 77.4 Å². The van der Waals surface area contributed by atoms with Gasteiger partial charge in [0.1, 0.15) is 11.5 Å². The molecule has 0 aliphatic heterocycles. The van der Waals surface area contributed by atoms with Gasteiger partial charge in [-0.1, -0.05) is 48.2 Å². The minimum absolute atomic E-state index is 0.607. The van der Waals surface area contributed by atoms with E-state index >= 15 is 0 Å². The third-order valence-electron chi connectivity index (χ3n) is 4.75. The van der Waals surface area contributed by atoms with E-state index in [2.05, 4.69) is 16.3 Å². The minimum Gasteiger partial charge on any atom is -0.497 e. The molecular formula is C24H20N4O2S. The molecule has 0 bridgehead atoms. The van der Waals surface area contributed by atoms with E-state index in [4.69, 9.17) is 9.47 Å². The number of hydrogen-bond acceptors (Lipinski definition) is 6. The quantitative estimate of drug-likeness (QED) is 0.381. The van der Waals surface area contributed by atoms with Gasteiger partial charge in [-0.3, -0.25) is 4.57 Å². The summed E-state index contributed by atoms with van der Waals surface area (Å²) >= 11 is 1.54. The molecule has 0 aliphatic carbocycles. The van der Waals surface area contributed by atoms with Gasteiger partial charge in [0.15, 0.2) is 11.0 Å². The highest BCUT2D eigenvalue weighted by atomic mass is 32.2. The van der Waals surface area contributed by atoms with E-state index in [1.54, 1.807) is 14.2 Å². The zero-order valence-corrected chi connectivity index (χ0v) is 18.0. The van der Waals surface area contributed by atoms with Crippen molar-refractivity contribution in [2.24, 2.45) is 0 Å². The Morgan fingerprint density at radius 1 is 0.903 bits per heavy atom. The standard InChI is InChI=1S/C24H20N4O2S/c1-29-21-12-19(13-22(14-21)30-2)23-26-27-24(28(23)20-10-4-3-5-11-20)31-16-18-9-7-6-8-17(18)15-25/h3-14H,16H2,1-2H3. The molecule has 31 heavy (non-hydrogen) atoms. The van der Waals surface area contributed by atoms with E-state index in [0.717, 1.165) is 22.0 Å². The molecule has 0 unspecified atom stereocenters. The molecule has 0 spiro atoms. The van der Waals surface area contributed by atoms with Crippen LogP contribution in [-0.2, 0) is 5.75 Å². The van der Waals surface area contributed by atoms with Crippen LogP contribution in [0.15, 0.2) is 78.0 Å². The molecule has 0 saturated carbocycles. The molecule has 1 aromatic heterocycles. The number of hydrogen-bond donors (Lipinski definition) is 0. The van der Waals surface area contributed by atoms with Gasteiger partial charge in [-0.2, -0.15) is 5.26 Å². The second-order valence-corrected chi connectivity index (χ2v) is 7.58. The molecule has 1 heterocycles. The highest BCUT2D eigenvalue weighted by molar-refractivity contribution is 7.98. The predicted octanol–water partition coefficient (Wildman–Crippen LogP) is 5.12. The summed E-state index contributed by atoms with van der Waals surface area (Å²) in [5.74, 6) is 2.64. The van der Waals surface area contributed by atoms with Crippen LogP contribution >= 0.6 is 11.8 Å². The van der Waals surface area contributed by atoms with Crippen molar-refractivity contribution in [3.05, 3.63) is 83.9 Å². The first-order valence-electron chi connectivity index (χ1n) is 9.58. The Balaban J connectivity index is 1.78. The van der Waals surface area contributed by atoms with Crippen molar-refractivity contribution in [2.45, 2.75) is 10.9 Å². The molecule has 0 radical (unpaired) electrons. The first-order valence-corrected chi connectivity index (χ1v) is 10.6. The van der Waals surface area contributed by atoms with Crippen molar-refractivity contribution in [2.75, 3.05) is 14.2 Å². The van der Waals surface area contributed by atoms with Crippen molar-refractivity contribution < 1.29 is 9.47 Å². The molecule has 3 aromatic carbocycles. The monoisotopic (exact) mass is 428 g/mol. The topological polar surface area (TPSA) is 73.0 Å². The van der Waals surface area contributed by atoms with Crippen LogP contribution in [0.4, 0.5) is 0 Å². The van der Waals surface area contributed by atoms with Crippen LogP contribution in [0.1, 0.15) is 11.1 Å². The number of nitrogens with zero attached hydrogens (tertiary/aromatic N) is 4. The number of thioether (sulfide) groups is 1.